The van der Waals surface area contributed by atoms with Gasteiger partial charge in [-0.1, -0.05) is 6.07 Å². The van der Waals surface area contributed by atoms with Crippen LogP contribution in [0.4, 0.5) is 20.2 Å². The molecule has 1 aliphatic heterocycles. The first kappa shape index (κ1) is 18.7. The Morgan fingerprint density at radius 1 is 1.11 bits per heavy atom. The number of carbonyl (C=O) groups excluding carboxylic acids is 1. The quantitative estimate of drug-likeness (QED) is 0.690. The number of nitrogens with one attached hydrogen (secondary N) is 1. The number of rotatable bonds is 3. The van der Waals surface area contributed by atoms with E-state index in [0.29, 0.717) is 40.9 Å². The van der Waals surface area contributed by atoms with Crippen LogP contribution in [0.25, 0.3) is 10.9 Å². The molecule has 0 bridgehead atoms. The van der Waals surface area contributed by atoms with Gasteiger partial charge >= 0.3 is 0 Å². The average molecular weight is 399 g/mol. The fraction of sp³-hybridized carbons (Fsp3) is 0.238. The van der Waals surface area contributed by atoms with Crippen molar-refractivity contribution in [2.75, 3.05) is 29.9 Å². The van der Waals surface area contributed by atoms with Gasteiger partial charge in [0.05, 0.1) is 16.8 Å². The number of thioether (sulfide) groups is 1. The van der Waals surface area contributed by atoms with E-state index in [9.17, 15) is 13.6 Å². The van der Waals surface area contributed by atoms with Crippen LogP contribution < -0.4 is 5.32 Å². The lowest BCUT2D eigenvalue weighted by atomic mass is 10.1. The molecule has 1 aromatic heterocycles. The normalized spacial score (nSPS) is 14.3. The zero-order valence-electron chi connectivity index (χ0n) is 15.3. The molecule has 28 heavy (non-hydrogen) atoms. The van der Waals surface area contributed by atoms with Crippen LogP contribution in [0.3, 0.4) is 0 Å². The van der Waals surface area contributed by atoms with E-state index in [0.717, 1.165) is 17.1 Å². The Bertz CT molecular complexity index is 1050. The fourth-order valence-corrected chi connectivity index (χ4v) is 4.17. The van der Waals surface area contributed by atoms with Crippen molar-refractivity contribution >= 4 is 39.9 Å². The molecule has 1 aliphatic rings. The molecule has 2 aromatic carbocycles. The van der Waals surface area contributed by atoms with Gasteiger partial charge in [0, 0.05) is 41.9 Å². The summed E-state index contributed by atoms with van der Waals surface area (Å²) in [6.07, 6.45) is 1.52. The third-order valence-corrected chi connectivity index (χ3v) is 5.76. The van der Waals surface area contributed by atoms with E-state index in [1.165, 1.54) is 30.5 Å². The SMILES string of the molecule is Cc1ccc(F)cc1Nc1c(C(=O)N2CCSCC2)cnc2ccc(F)cc12. The van der Waals surface area contributed by atoms with Crippen LogP contribution in [0, 0.1) is 18.6 Å². The molecule has 1 fully saturated rings. The molecule has 1 amide bonds. The van der Waals surface area contributed by atoms with Crippen LogP contribution in [0.15, 0.2) is 42.6 Å². The number of anilines is 2. The van der Waals surface area contributed by atoms with Gasteiger partial charge in [0.2, 0.25) is 0 Å². The third-order valence-electron chi connectivity index (χ3n) is 4.82. The molecule has 0 radical (unpaired) electrons. The molecule has 3 aromatic rings. The van der Waals surface area contributed by atoms with Gasteiger partial charge < -0.3 is 10.2 Å². The zero-order valence-corrected chi connectivity index (χ0v) is 16.2. The molecule has 0 aliphatic carbocycles. The molecular weight excluding hydrogens is 380 g/mol. The molecule has 144 valence electrons. The minimum atomic E-state index is -0.424. The predicted octanol–water partition coefficient (Wildman–Crippen LogP) is 4.75. The van der Waals surface area contributed by atoms with E-state index in [1.54, 1.807) is 17.0 Å². The first-order chi connectivity index (χ1) is 13.5. The van der Waals surface area contributed by atoms with Gasteiger partial charge in [-0.3, -0.25) is 9.78 Å². The minimum Gasteiger partial charge on any atom is -0.354 e. The van der Waals surface area contributed by atoms with Crippen LogP contribution in [0.5, 0.6) is 0 Å². The lowest BCUT2D eigenvalue weighted by molar-refractivity contribution is 0.0773. The summed E-state index contributed by atoms with van der Waals surface area (Å²) in [5.74, 6) is 0.793. The van der Waals surface area contributed by atoms with Crippen molar-refractivity contribution < 1.29 is 13.6 Å². The van der Waals surface area contributed by atoms with Crippen molar-refractivity contribution in [1.82, 2.24) is 9.88 Å². The van der Waals surface area contributed by atoms with Gasteiger partial charge in [0.15, 0.2) is 0 Å². The number of halogens is 2. The van der Waals surface area contributed by atoms with E-state index in [4.69, 9.17) is 0 Å². The second-order valence-corrected chi connectivity index (χ2v) is 7.92. The third kappa shape index (κ3) is 3.67. The largest absolute Gasteiger partial charge is 0.354 e. The summed E-state index contributed by atoms with van der Waals surface area (Å²) in [7, 11) is 0. The Balaban J connectivity index is 1.85. The van der Waals surface area contributed by atoms with Crippen molar-refractivity contribution in [2.24, 2.45) is 0 Å². The number of aromatic nitrogens is 1. The summed E-state index contributed by atoms with van der Waals surface area (Å²) in [5, 5.41) is 3.66. The molecule has 2 heterocycles. The van der Waals surface area contributed by atoms with E-state index in [2.05, 4.69) is 10.3 Å². The second kappa shape index (κ2) is 7.75. The Morgan fingerprint density at radius 3 is 2.61 bits per heavy atom. The van der Waals surface area contributed by atoms with Crippen LogP contribution in [0.1, 0.15) is 15.9 Å². The lowest BCUT2D eigenvalue weighted by Gasteiger charge is -2.27. The fourth-order valence-electron chi connectivity index (χ4n) is 3.26. The van der Waals surface area contributed by atoms with Gasteiger partial charge in [-0.05, 0) is 42.8 Å². The summed E-state index contributed by atoms with van der Waals surface area (Å²) in [6.45, 7) is 3.15. The van der Waals surface area contributed by atoms with Gasteiger partial charge in [0.25, 0.3) is 5.91 Å². The van der Waals surface area contributed by atoms with Crippen LogP contribution >= 0.6 is 11.8 Å². The Morgan fingerprint density at radius 2 is 1.82 bits per heavy atom. The van der Waals surface area contributed by atoms with Gasteiger partial charge in [0.1, 0.15) is 11.6 Å². The number of carbonyl (C=O) groups is 1. The summed E-state index contributed by atoms with van der Waals surface area (Å²) in [6, 6.07) is 8.65. The minimum absolute atomic E-state index is 0.157. The van der Waals surface area contributed by atoms with Crippen molar-refractivity contribution in [3.8, 4) is 0 Å². The standard InChI is InChI=1S/C21H19F2N3OS/c1-13-2-3-15(23)11-19(13)25-20-16-10-14(22)4-5-18(16)24-12-17(20)21(27)26-6-8-28-9-7-26/h2-5,10-12H,6-9H2,1H3,(H,24,25). The smallest absolute Gasteiger partial charge is 0.257 e. The zero-order chi connectivity index (χ0) is 19.7. The highest BCUT2D eigenvalue weighted by Gasteiger charge is 2.23. The highest BCUT2D eigenvalue weighted by molar-refractivity contribution is 7.99. The molecule has 0 saturated carbocycles. The Labute approximate surface area is 165 Å². The van der Waals surface area contributed by atoms with E-state index >= 15 is 0 Å². The summed E-state index contributed by atoms with van der Waals surface area (Å²) in [4.78, 5) is 19.3. The number of hydrogen-bond donors (Lipinski definition) is 1. The van der Waals surface area contributed by atoms with Crippen LogP contribution in [-0.2, 0) is 0 Å². The van der Waals surface area contributed by atoms with E-state index in [1.807, 2.05) is 18.7 Å². The van der Waals surface area contributed by atoms with Crippen molar-refractivity contribution in [1.29, 1.82) is 0 Å². The van der Waals surface area contributed by atoms with Gasteiger partial charge in [-0.2, -0.15) is 11.8 Å². The highest BCUT2D eigenvalue weighted by atomic mass is 32.2. The maximum absolute atomic E-state index is 14.0. The molecule has 0 atom stereocenters. The molecule has 0 unspecified atom stereocenters. The number of hydrogen-bond acceptors (Lipinski definition) is 4. The summed E-state index contributed by atoms with van der Waals surface area (Å²) in [5.41, 5.74) is 2.70. The van der Waals surface area contributed by atoms with Gasteiger partial charge in [-0.15, -0.1) is 0 Å². The number of aryl methyl sites for hydroxylation is 1. The monoisotopic (exact) mass is 399 g/mol. The van der Waals surface area contributed by atoms with E-state index in [-0.39, 0.29) is 5.91 Å². The maximum Gasteiger partial charge on any atom is 0.257 e. The first-order valence-electron chi connectivity index (χ1n) is 9.01. The topological polar surface area (TPSA) is 45.2 Å². The van der Waals surface area contributed by atoms with Crippen molar-refractivity contribution in [2.45, 2.75) is 6.92 Å². The number of nitrogens with zero attached hydrogens (tertiary/aromatic N) is 2. The lowest BCUT2D eigenvalue weighted by Crippen LogP contribution is -2.38. The second-order valence-electron chi connectivity index (χ2n) is 6.70. The number of amides is 1. The summed E-state index contributed by atoms with van der Waals surface area (Å²) >= 11 is 1.81. The number of pyridine rings is 1. The molecule has 0 spiro atoms. The van der Waals surface area contributed by atoms with E-state index < -0.39 is 11.6 Å². The summed E-state index contributed by atoms with van der Waals surface area (Å²) < 4.78 is 27.8. The highest BCUT2D eigenvalue weighted by Crippen LogP contribution is 2.32. The molecule has 7 heteroatoms. The molecule has 1 N–H and O–H groups in total. The van der Waals surface area contributed by atoms with Crippen molar-refractivity contribution in [3.63, 3.8) is 0 Å². The number of fused-ring (bicyclic) bond motifs is 1. The molecule has 1 saturated heterocycles. The predicted molar refractivity (Wildman–Crippen MR) is 109 cm³/mol. The molecule has 4 rings (SSSR count). The van der Waals surface area contributed by atoms with Crippen LogP contribution in [0.2, 0.25) is 0 Å². The maximum atomic E-state index is 14.0. The first-order valence-corrected chi connectivity index (χ1v) is 10.2. The molecule has 4 nitrogen and oxygen atoms in total. The van der Waals surface area contributed by atoms with Crippen molar-refractivity contribution in [3.05, 3.63) is 65.4 Å². The molecular formula is C21H19F2N3OS. The average Bonchev–Trinajstić information content (AvgIpc) is 2.71. The van der Waals surface area contributed by atoms with Crippen LogP contribution in [-0.4, -0.2) is 40.4 Å². The Kier molecular flexibility index (Phi) is 5.17. The number of benzene rings is 2. The Hall–Kier alpha value is -2.67. The van der Waals surface area contributed by atoms with Gasteiger partial charge in [-0.25, -0.2) is 8.78 Å².